The molecule has 0 saturated carbocycles. The zero-order valence-corrected chi connectivity index (χ0v) is 15.4. The number of anilines is 3. The number of hydrogen-bond acceptors (Lipinski definition) is 3. The van der Waals surface area contributed by atoms with Crippen LogP contribution in [0.4, 0.5) is 17.1 Å². The van der Waals surface area contributed by atoms with Crippen molar-refractivity contribution in [2.45, 2.75) is 19.3 Å². The van der Waals surface area contributed by atoms with Crippen LogP contribution >= 0.6 is 23.2 Å². The van der Waals surface area contributed by atoms with E-state index < -0.39 is 0 Å². The molecule has 0 aromatic heterocycles. The lowest BCUT2D eigenvalue weighted by Crippen LogP contribution is -2.18. The summed E-state index contributed by atoms with van der Waals surface area (Å²) in [6.07, 6.45) is 2.88. The Morgan fingerprint density at radius 3 is 2.48 bits per heavy atom. The molecule has 0 unspecified atom stereocenters. The van der Waals surface area contributed by atoms with Crippen LogP contribution in [-0.4, -0.2) is 25.5 Å². The van der Waals surface area contributed by atoms with Crippen molar-refractivity contribution in [2.75, 3.05) is 35.2 Å². The lowest BCUT2D eigenvalue weighted by atomic mass is 10.2. The average molecular weight is 378 g/mol. The van der Waals surface area contributed by atoms with Crippen LogP contribution in [0.3, 0.4) is 0 Å². The van der Waals surface area contributed by atoms with Gasteiger partial charge in [-0.25, -0.2) is 0 Å². The summed E-state index contributed by atoms with van der Waals surface area (Å²) in [5.41, 5.74) is 2.81. The maximum absolute atomic E-state index is 12.0. The molecule has 6 heteroatoms. The fraction of sp³-hybridized carbons (Fsp3) is 0.316. The third-order valence-electron chi connectivity index (χ3n) is 4.25. The second kappa shape index (κ2) is 8.45. The molecule has 1 aliphatic heterocycles. The van der Waals surface area contributed by atoms with Gasteiger partial charge in [0.25, 0.3) is 0 Å². The van der Waals surface area contributed by atoms with Crippen LogP contribution in [0.25, 0.3) is 0 Å². The van der Waals surface area contributed by atoms with Crippen molar-refractivity contribution >= 4 is 46.2 Å². The predicted molar refractivity (Wildman–Crippen MR) is 106 cm³/mol. The van der Waals surface area contributed by atoms with Crippen molar-refractivity contribution in [3.8, 4) is 0 Å². The first-order valence-electron chi connectivity index (χ1n) is 8.46. The van der Waals surface area contributed by atoms with Crippen molar-refractivity contribution in [1.29, 1.82) is 0 Å². The molecular formula is C19H21Cl2N3O. The van der Waals surface area contributed by atoms with E-state index in [4.69, 9.17) is 23.2 Å². The van der Waals surface area contributed by atoms with Crippen molar-refractivity contribution in [2.24, 2.45) is 0 Å². The summed E-state index contributed by atoms with van der Waals surface area (Å²) in [7, 11) is 0. The van der Waals surface area contributed by atoms with Gasteiger partial charge in [0.15, 0.2) is 0 Å². The Bertz CT molecular complexity index is 728. The molecule has 0 aliphatic carbocycles. The number of amides is 1. The highest BCUT2D eigenvalue weighted by Crippen LogP contribution is 2.29. The molecule has 4 nitrogen and oxygen atoms in total. The summed E-state index contributed by atoms with van der Waals surface area (Å²) in [4.78, 5) is 14.4. The summed E-state index contributed by atoms with van der Waals surface area (Å²) in [6.45, 7) is 2.82. The van der Waals surface area contributed by atoms with Gasteiger partial charge in [-0.2, -0.15) is 0 Å². The summed E-state index contributed by atoms with van der Waals surface area (Å²) < 4.78 is 0. The van der Waals surface area contributed by atoms with Gasteiger partial charge < -0.3 is 15.5 Å². The fourth-order valence-corrected chi connectivity index (χ4v) is 3.25. The largest absolute Gasteiger partial charge is 0.385 e. The molecule has 132 valence electrons. The molecule has 1 amide bonds. The Hall–Kier alpha value is -1.91. The first kappa shape index (κ1) is 17.9. The van der Waals surface area contributed by atoms with Gasteiger partial charge in [0, 0.05) is 37.4 Å². The third kappa shape index (κ3) is 4.80. The molecule has 2 aromatic carbocycles. The maximum Gasteiger partial charge on any atom is 0.226 e. The summed E-state index contributed by atoms with van der Waals surface area (Å²) in [5.74, 6) is -0.106. The first-order chi connectivity index (χ1) is 12.1. The zero-order chi connectivity index (χ0) is 17.6. The van der Waals surface area contributed by atoms with E-state index in [0.717, 1.165) is 18.8 Å². The quantitative estimate of drug-likeness (QED) is 0.741. The lowest BCUT2D eigenvalue weighted by molar-refractivity contribution is -0.115. The van der Waals surface area contributed by atoms with Crippen LogP contribution in [0.2, 0.25) is 10.0 Å². The zero-order valence-electron chi connectivity index (χ0n) is 13.9. The standard InChI is InChI=1S/C19H21Cl2N3O/c20-16-4-3-5-17(19(16)21)23-18(25)10-11-22-14-6-8-15(9-7-14)24-12-1-2-13-24/h3-9,22H,1-2,10-13H2,(H,23,25). The molecule has 0 spiro atoms. The Balaban J connectivity index is 1.45. The molecule has 1 heterocycles. The lowest BCUT2D eigenvalue weighted by Gasteiger charge is -2.18. The molecule has 25 heavy (non-hydrogen) atoms. The van der Waals surface area contributed by atoms with E-state index in [-0.39, 0.29) is 5.91 Å². The van der Waals surface area contributed by atoms with Crippen molar-refractivity contribution in [3.05, 3.63) is 52.5 Å². The van der Waals surface area contributed by atoms with Gasteiger partial charge in [0.05, 0.1) is 15.7 Å². The van der Waals surface area contributed by atoms with E-state index in [1.807, 2.05) is 0 Å². The first-order valence-corrected chi connectivity index (χ1v) is 9.22. The van der Waals surface area contributed by atoms with Gasteiger partial charge in [0.2, 0.25) is 5.91 Å². The Kier molecular flexibility index (Phi) is 6.05. The summed E-state index contributed by atoms with van der Waals surface area (Å²) in [6, 6.07) is 13.5. The average Bonchev–Trinajstić information content (AvgIpc) is 3.14. The van der Waals surface area contributed by atoms with Gasteiger partial charge in [-0.3, -0.25) is 4.79 Å². The van der Waals surface area contributed by atoms with Crippen LogP contribution in [0.1, 0.15) is 19.3 Å². The van der Waals surface area contributed by atoms with E-state index in [1.54, 1.807) is 18.2 Å². The Labute approximate surface area is 158 Å². The van der Waals surface area contributed by atoms with Gasteiger partial charge in [-0.1, -0.05) is 29.3 Å². The Morgan fingerprint density at radius 2 is 1.76 bits per heavy atom. The topological polar surface area (TPSA) is 44.4 Å². The van der Waals surface area contributed by atoms with Crippen LogP contribution < -0.4 is 15.5 Å². The van der Waals surface area contributed by atoms with E-state index in [9.17, 15) is 4.79 Å². The van der Waals surface area contributed by atoms with Crippen LogP contribution in [0.5, 0.6) is 0 Å². The highest BCUT2D eigenvalue weighted by atomic mass is 35.5. The van der Waals surface area contributed by atoms with Crippen molar-refractivity contribution < 1.29 is 4.79 Å². The van der Waals surface area contributed by atoms with E-state index in [2.05, 4.69) is 39.8 Å². The second-order valence-corrected chi connectivity index (χ2v) is 6.85. The number of carbonyl (C=O) groups excluding carboxylic acids is 1. The number of nitrogens with one attached hydrogen (secondary N) is 2. The van der Waals surface area contributed by atoms with E-state index >= 15 is 0 Å². The van der Waals surface area contributed by atoms with Gasteiger partial charge >= 0.3 is 0 Å². The highest BCUT2D eigenvalue weighted by molar-refractivity contribution is 6.43. The molecule has 0 atom stereocenters. The van der Waals surface area contributed by atoms with Crippen LogP contribution in [0, 0.1) is 0 Å². The van der Waals surface area contributed by atoms with Crippen molar-refractivity contribution in [1.82, 2.24) is 0 Å². The molecule has 1 aliphatic rings. The number of halogens is 2. The second-order valence-electron chi connectivity index (χ2n) is 6.07. The minimum atomic E-state index is -0.106. The molecule has 0 bridgehead atoms. The molecule has 2 N–H and O–H groups in total. The molecular weight excluding hydrogens is 357 g/mol. The number of rotatable bonds is 6. The molecule has 0 radical (unpaired) electrons. The summed E-state index contributed by atoms with van der Waals surface area (Å²) in [5, 5.41) is 6.84. The van der Waals surface area contributed by atoms with Gasteiger partial charge in [-0.15, -0.1) is 0 Å². The molecule has 1 saturated heterocycles. The van der Waals surface area contributed by atoms with E-state index in [0.29, 0.717) is 28.7 Å². The SMILES string of the molecule is O=C(CCNc1ccc(N2CCCC2)cc1)Nc1cccc(Cl)c1Cl. The summed E-state index contributed by atoms with van der Waals surface area (Å²) >= 11 is 12.0. The smallest absolute Gasteiger partial charge is 0.226 e. The third-order valence-corrected chi connectivity index (χ3v) is 5.06. The van der Waals surface area contributed by atoms with Gasteiger partial charge in [-0.05, 0) is 49.2 Å². The fourth-order valence-electron chi connectivity index (χ4n) is 2.90. The Morgan fingerprint density at radius 1 is 1.04 bits per heavy atom. The van der Waals surface area contributed by atoms with E-state index in [1.165, 1.54) is 18.5 Å². The molecule has 1 fully saturated rings. The number of benzene rings is 2. The minimum absolute atomic E-state index is 0.106. The van der Waals surface area contributed by atoms with Crippen molar-refractivity contribution in [3.63, 3.8) is 0 Å². The minimum Gasteiger partial charge on any atom is -0.385 e. The normalized spacial score (nSPS) is 13.8. The maximum atomic E-state index is 12.0. The van der Waals surface area contributed by atoms with Crippen LogP contribution in [-0.2, 0) is 4.79 Å². The van der Waals surface area contributed by atoms with Crippen LogP contribution in [0.15, 0.2) is 42.5 Å². The molecule has 2 aromatic rings. The number of carbonyl (C=O) groups is 1. The number of nitrogens with zero attached hydrogens (tertiary/aromatic N) is 1. The van der Waals surface area contributed by atoms with Gasteiger partial charge in [0.1, 0.15) is 0 Å². The highest BCUT2D eigenvalue weighted by Gasteiger charge is 2.12. The predicted octanol–water partition coefficient (Wildman–Crippen LogP) is 5.03. The molecule has 3 rings (SSSR count). The monoisotopic (exact) mass is 377 g/mol. The number of hydrogen-bond donors (Lipinski definition) is 2.